The lowest BCUT2D eigenvalue weighted by Gasteiger charge is -2.21. The van der Waals surface area contributed by atoms with Crippen molar-refractivity contribution in [3.63, 3.8) is 0 Å². The number of nitro benzene ring substituents is 1. The number of nitriles is 1. The van der Waals surface area contributed by atoms with Gasteiger partial charge in [-0.1, -0.05) is 11.6 Å². The summed E-state index contributed by atoms with van der Waals surface area (Å²) in [6.07, 6.45) is 0. The van der Waals surface area contributed by atoms with E-state index in [0.29, 0.717) is 28.3 Å². The third kappa shape index (κ3) is 2.67. The Morgan fingerprint density at radius 1 is 1.39 bits per heavy atom. The Hall–Kier alpha value is -3.77. The van der Waals surface area contributed by atoms with E-state index in [9.17, 15) is 15.4 Å². The number of aromatic nitrogens is 2. The second kappa shape index (κ2) is 6.44. The minimum Gasteiger partial charge on any atom is -0.460 e. The van der Waals surface area contributed by atoms with Crippen molar-refractivity contribution in [1.82, 2.24) is 10.2 Å². The maximum absolute atomic E-state index is 10.9. The van der Waals surface area contributed by atoms with E-state index in [1.165, 1.54) is 18.2 Å². The van der Waals surface area contributed by atoms with Crippen molar-refractivity contribution < 1.29 is 14.1 Å². The maximum Gasteiger partial charge on any atom is 0.270 e. The topological polar surface area (TPSA) is 144 Å². The highest BCUT2D eigenvalue weighted by atomic mass is 35.5. The molecular formula is C18H12ClN5O4. The highest BCUT2D eigenvalue weighted by Gasteiger charge is 2.36. The molecule has 1 atom stereocenters. The third-order valence-electron chi connectivity index (χ3n) is 4.47. The van der Waals surface area contributed by atoms with Crippen molar-refractivity contribution in [3.05, 3.63) is 73.9 Å². The number of nitrogens with two attached hydrogens (primary N) is 1. The molecule has 4 rings (SSSR count). The molecule has 1 unspecified atom stereocenters. The van der Waals surface area contributed by atoms with Gasteiger partial charge in [0.15, 0.2) is 0 Å². The molecule has 0 aliphatic carbocycles. The molecule has 1 aromatic carbocycles. The minimum absolute atomic E-state index is 0.0437. The highest BCUT2D eigenvalue weighted by Crippen LogP contribution is 2.44. The van der Waals surface area contributed by atoms with Gasteiger partial charge in [0.2, 0.25) is 11.8 Å². The van der Waals surface area contributed by atoms with E-state index in [2.05, 4.69) is 16.3 Å². The first-order valence-corrected chi connectivity index (χ1v) is 8.45. The van der Waals surface area contributed by atoms with Crippen molar-refractivity contribution in [2.75, 3.05) is 0 Å². The van der Waals surface area contributed by atoms with Crippen LogP contribution in [0.15, 0.2) is 46.2 Å². The van der Waals surface area contributed by atoms with Gasteiger partial charge in [0.1, 0.15) is 23.2 Å². The maximum atomic E-state index is 10.9. The number of furan rings is 1. The lowest BCUT2D eigenvalue weighted by Crippen LogP contribution is -2.20. The number of hydrogen-bond donors (Lipinski definition) is 2. The van der Waals surface area contributed by atoms with Crippen molar-refractivity contribution in [3.8, 4) is 23.3 Å². The van der Waals surface area contributed by atoms with Crippen LogP contribution in [0.2, 0.25) is 5.02 Å². The molecule has 0 saturated heterocycles. The second-order valence-electron chi connectivity index (χ2n) is 6.12. The van der Waals surface area contributed by atoms with E-state index < -0.39 is 10.8 Å². The first kappa shape index (κ1) is 17.6. The Kier molecular flexibility index (Phi) is 4.05. The van der Waals surface area contributed by atoms with Gasteiger partial charge < -0.3 is 14.9 Å². The summed E-state index contributed by atoms with van der Waals surface area (Å²) in [6, 6.07) is 9.55. The van der Waals surface area contributed by atoms with Gasteiger partial charge in [-0.25, -0.2) is 0 Å². The van der Waals surface area contributed by atoms with Crippen LogP contribution in [-0.2, 0) is 0 Å². The normalized spacial score (nSPS) is 15.7. The van der Waals surface area contributed by atoms with Gasteiger partial charge in [0.05, 0.1) is 21.4 Å². The number of nitro groups is 1. The number of aryl methyl sites for hydroxylation is 1. The molecule has 0 bridgehead atoms. The summed E-state index contributed by atoms with van der Waals surface area (Å²) < 4.78 is 11.4. The van der Waals surface area contributed by atoms with Crippen LogP contribution in [-0.4, -0.2) is 15.1 Å². The number of nitrogens with one attached hydrogen (secondary N) is 1. The molecule has 10 heteroatoms. The lowest BCUT2D eigenvalue weighted by atomic mass is 9.88. The summed E-state index contributed by atoms with van der Waals surface area (Å²) in [5.74, 6) is 0.485. The molecule has 3 aromatic rings. The summed E-state index contributed by atoms with van der Waals surface area (Å²) in [5.41, 5.74) is 7.82. The van der Waals surface area contributed by atoms with Gasteiger partial charge in [0.25, 0.3) is 5.69 Å². The molecule has 28 heavy (non-hydrogen) atoms. The van der Waals surface area contributed by atoms with E-state index in [4.69, 9.17) is 26.5 Å². The molecule has 3 N–H and O–H groups in total. The van der Waals surface area contributed by atoms with Crippen molar-refractivity contribution >= 4 is 17.3 Å². The Morgan fingerprint density at radius 3 is 2.86 bits per heavy atom. The van der Waals surface area contributed by atoms with Gasteiger partial charge in [-0.2, -0.15) is 5.26 Å². The fraction of sp³-hybridized carbons (Fsp3) is 0.111. The molecule has 0 radical (unpaired) electrons. The summed E-state index contributed by atoms with van der Waals surface area (Å²) in [7, 11) is 0. The van der Waals surface area contributed by atoms with E-state index in [0.717, 1.165) is 0 Å². The molecular weight excluding hydrogens is 386 g/mol. The number of aromatic amines is 1. The van der Waals surface area contributed by atoms with Crippen molar-refractivity contribution in [2.45, 2.75) is 12.8 Å². The smallest absolute Gasteiger partial charge is 0.270 e. The SMILES string of the molecule is Cc1[nH]nc2c1C(c1ccc(-c3ccc([N+](=O)[O-])cc3Cl)o1)C(C#N)=C(N)O2. The molecule has 0 saturated carbocycles. The van der Waals surface area contributed by atoms with Crippen LogP contribution in [0.25, 0.3) is 11.3 Å². The Morgan fingerprint density at radius 2 is 2.18 bits per heavy atom. The van der Waals surface area contributed by atoms with Crippen LogP contribution in [0.1, 0.15) is 22.9 Å². The number of halogens is 1. The van der Waals surface area contributed by atoms with Gasteiger partial charge in [-0.15, -0.1) is 5.10 Å². The van der Waals surface area contributed by atoms with Crippen LogP contribution in [0.4, 0.5) is 5.69 Å². The lowest BCUT2D eigenvalue weighted by molar-refractivity contribution is -0.384. The number of ether oxygens (including phenoxy) is 1. The quantitative estimate of drug-likeness (QED) is 0.505. The van der Waals surface area contributed by atoms with E-state index in [-0.39, 0.29) is 28.0 Å². The van der Waals surface area contributed by atoms with E-state index >= 15 is 0 Å². The number of allylic oxidation sites excluding steroid dienone is 1. The average molecular weight is 398 g/mol. The van der Waals surface area contributed by atoms with Crippen LogP contribution in [0, 0.1) is 28.4 Å². The van der Waals surface area contributed by atoms with Gasteiger partial charge in [-0.05, 0) is 25.1 Å². The predicted octanol–water partition coefficient (Wildman–Crippen LogP) is 3.76. The first-order valence-electron chi connectivity index (χ1n) is 8.07. The third-order valence-corrected chi connectivity index (χ3v) is 4.78. The van der Waals surface area contributed by atoms with Crippen molar-refractivity contribution in [1.29, 1.82) is 5.26 Å². The number of benzene rings is 1. The monoisotopic (exact) mass is 397 g/mol. The minimum atomic E-state index is -0.599. The molecule has 3 heterocycles. The predicted molar refractivity (Wildman–Crippen MR) is 98.4 cm³/mol. The molecule has 1 aliphatic rings. The number of nitrogens with zero attached hydrogens (tertiary/aromatic N) is 3. The number of non-ortho nitro benzene ring substituents is 1. The molecule has 9 nitrogen and oxygen atoms in total. The second-order valence-corrected chi connectivity index (χ2v) is 6.52. The molecule has 0 fully saturated rings. The first-order chi connectivity index (χ1) is 13.4. The van der Waals surface area contributed by atoms with Gasteiger partial charge >= 0.3 is 0 Å². The zero-order chi connectivity index (χ0) is 20.0. The summed E-state index contributed by atoms with van der Waals surface area (Å²) in [5, 5.41) is 27.5. The summed E-state index contributed by atoms with van der Waals surface area (Å²) in [4.78, 5) is 10.4. The number of fused-ring (bicyclic) bond motifs is 1. The Bertz CT molecular complexity index is 1190. The van der Waals surface area contributed by atoms with E-state index in [1.807, 2.05) is 0 Å². The van der Waals surface area contributed by atoms with Crippen LogP contribution < -0.4 is 10.5 Å². The molecule has 0 spiro atoms. The average Bonchev–Trinajstić information content (AvgIpc) is 3.28. The van der Waals surface area contributed by atoms with Crippen molar-refractivity contribution in [2.24, 2.45) is 5.73 Å². The summed E-state index contributed by atoms with van der Waals surface area (Å²) >= 11 is 6.19. The Labute approximate surface area is 163 Å². The van der Waals surface area contributed by atoms with Crippen LogP contribution in [0.3, 0.4) is 0 Å². The highest BCUT2D eigenvalue weighted by molar-refractivity contribution is 6.33. The zero-order valence-corrected chi connectivity index (χ0v) is 15.1. The van der Waals surface area contributed by atoms with Crippen LogP contribution in [0.5, 0.6) is 5.88 Å². The summed E-state index contributed by atoms with van der Waals surface area (Å²) in [6.45, 7) is 1.80. The Balaban J connectivity index is 1.80. The molecule has 140 valence electrons. The largest absolute Gasteiger partial charge is 0.460 e. The fourth-order valence-electron chi connectivity index (χ4n) is 3.15. The molecule has 2 aromatic heterocycles. The zero-order valence-electron chi connectivity index (χ0n) is 14.4. The fourth-order valence-corrected chi connectivity index (χ4v) is 3.42. The van der Waals surface area contributed by atoms with Crippen LogP contribution >= 0.6 is 11.6 Å². The van der Waals surface area contributed by atoms with Gasteiger partial charge in [0, 0.05) is 23.4 Å². The standard InChI is InChI=1S/C18H12ClN5O4/c1-8-15-16(11(7-20)17(21)28-18(15)23-22-8)14-5-4-13(27-14)10-3-2-9(24(25)26)6-12(10)19/h2-6,16H,21H2,1H3,(H,22,23). The van der Waals surface area contributed by atoms with Gasteiger partial charge in [-0.3, -0.25) is 15.2 Å². The van der Waals surface area contributed by atoms with E-state index in [1.54, 1.807) is 19.1 Å². The number of rotatable bonds is 3. The number of H-pyrrole nitrogens is 1. The molecule has 0 amide bonds. The number of hydrogen-bond acceptors (Lipinski definition) is 7. The molecule has 1 aliphatic heterocycles.